The van der Waals surface area contributed by atoms with Crippen LogP contribution in [0, 0.1) is 11.6 Å². The highest BCUT2D eigenvalue weighted by Crippen LogP contribution is 2.34. The standard InChI is InChI=1S/C25H26F2N2O4/c1-4-22(25(30)31)33-24-21(27)12-20(26)23(29-24)32-19-10-17(14(2)3)9-18(11-19)16-7-5-6-15(8-16)13-28/h5-12,14,22H,4,13,28H2,1-3H3,(H,30,31)/t22-/m1/s1. The number of rotatable bonds is 9. The minimum Gasteiger partial charge on any atom is -0.479 e. The monoisotopic (exact) mass is 456 g/mol. The summed E-state index contributed by atoms with van der Waals surface area (Å²) in [5.74, 6) is -4.15. The third-order valence-electron chi connectivity index (χ3n) is 5.07. The molecule has 3 rings (SSSR count). The molecule has 3 N–H and O–H groups in total. The number of hydrogen-bond acceptors (Lipinski definition) is 5. The molecule has 0 saturated heterocycles. The zero-order valence-corrected chi connectivity index (χ0v) is 18.6. The van der Waals surface area contributed by atoms with Crippen molar-refractivity contribution in [2.75, 3.05) is 0 Å². The molecule has 0 fully saturated rings. The molecule has 1 heterocycles. The molecule has 6 nitrogen and oxygen atoms in total. The second kappa shape index (κ2) is 10.4. The average Bonchev–Trinajstić information content (AvgIpc) is 2.79. The number of nitrogens with two attached hydrogens (primary N) is 1. The van der Waals surface area contributed by atoms with Gasteiger partial charge in [-0.1, -0.05) is 45.0 Å². The first-order valence-corrected chi connectivity index (χ1v) is 10.6. The Morgan fingerprint density at radius 1 is 1.06 bits per heavy atom. The number of ether oxygens (including phenoxy) is 2. The summed E-state index contributed by atoms with van der Waals surface area (Å²) in [6.45, 7) is 5.98. The van der Waals surface area contributed by atoms with Crippen LogP contribution in [0.1, 0.15) is 44.2 Å². The number of pyridine rings is 1. The predicted molar refractivity (Wildman–Crippen MR) is 120 cm³/mol. The van der Waals surface area contributed by atoms with Crippen molar-refractivity contribution < 1.29 is 28.2 Å². The molecule has 0 unspecified atom stereocenters. The number of carbonyl (C=O) groups is 1. The number of carboxylic acid groups (broad SMARTS) is 1. The molecule has 0 bridgehead atoms. The second-order valence-electron chi connectivity index (χ2n) is 7.87. The predicted octanol–water partition coefficient (Wildman–Crippen LogP) is 5.64. The van der Waals surface area contributed by atoms with Crippen LogP contribution in [0.2, 0.25) is 0 Å². The van der Waals surface area contributed by atoms with Gasteiger partial charge < -0.3 is 20.3 Å². The van der Waals surface area contributed by atoms with Crippen molar-refractivity contribution in [2.45, 2.75) is 45.8 Å². The Hall–Kier alpha value is -3.52. The summed E-state index contributed by atoms with van der Waals surface area (Å²) in [6.07, 6.45) is -1.25. The van der Waals surface area contributed by atoms with E-state index < -0.39 is 35.5 Å². The van der Waals surface area contributed by atoms with E-state index in [1.807, 2.05) is 44.2 Å². The molecule has 0 spiro atoms. The number of halogens is 2. The van der Waals surface area contributed by atoms with Crippen molar-refractivity contribution in [3.8, 4) is 28.6 Å². The van der Waals surface area contributed by atoms with E-state index in [9.17, 15) is 13.6 Å². The summed E-state index contributed by atoms with van der Waals surface area (Å²) in [6, 6.07) is 13.8. The molecule has 2 aromatic carbocycles. The molecule has 0 amide bonds. The molecule has 0 aliphatic carbocycles. The van der Waals surface area contributed by atoms with Gasteiger partial charge in [-0.2, -0.15) is 4.98 Å². The molecule has 0 aliphatic rings. The molecule has 3 aromatic rings. The number of carboxylic acids is 1. The molecule has 1 aromatic heterocycles. The molecule has 8 heteroatoms. The van der Waals surface area contributed by atoms with Gasteiger partial charge in [-0.3, -0.25) is 0 Å². The first kappa shape index (κ1) is 24.1. The van der Waals surface area contributed by atoms with Crippen molar-refractivity contribution in [3.63, 3.8) is 0 Å². The molecule has 0 saturated carbocycles. The largest absolute Gasteiger partial charge is 0.479 e. The van der Waals surface area contributed by atoms with Crippen LogP contribution in [-0.2, 0) is 11.3 Å². The average molecular weight is 456 g/mol. The fourth-order valence-corrected chi connectivity index (χ4v) is 3.20. The smallest absolute Gasteiger partial charge is 0.344 e. The third kappa shape index (κ3) is 5.84. The second-order valence-corrected chi connectivity index (χ2v) is 7.87. The highest BCUT2D eigenvalue weighted by atomic mass is 19.1. The highest BCUT2D eigenvalue weighted by Gasteiger charge is 2.22. The Morgan fingerprint density at radius 2 is 1.79 bits per heavy atom. The minimum absolute atomic E-state index is 0.0751. The number of hydrogen-bond donors (Lipinski definition) is 2. The van der Waals surface area contributed by atoms with Gasteiger partial charge >= 0.3 is 5.97 Å². The van der Waals surface area contributed by atoms with Crippen molar-refractivity contribution in [2.24, 2.45) is 5.73 Å². The first-order chi connectivity index (χ1) is 15.7. The molecule has 33 heavy (non-hydrogen) atoms. The van der Waals surface area contributed by atoms with Gasteiger partial charge in [-0.15, -0.1) is 0 Å². The van der Waals surface area contributed by atoms with Crippen LogP contribution in [0.4, 0.5) is 8.78 Å². The number of aliphatic carboxylic acids is 1. The van der Waals surface area contributed by atoms with E-state index in [1.165, 1.54) is 0 Å². The van der Waals surface area contributed by atoms with Crippen molar-refractivity contribution in [1.29, 1.82) is 0 Å². The van der Waals surface area contributed by atoms with E-state index >= 15 is 0 Å². The fraction of sp³-hybridized carbons (Fsp3) is 0.280. The lowest BCUT2D eigenvalue weighted by molar-refractivity contribution is -0.145. The first-order valence-electron chi connectivity index (χ1n) is 10.6. The van der Waals surface area contributed by atoms with E-state index in [2.05, 4.69) is 4.98 Å². The highest BCUT2D eigenvalue weighted by molar-refractivity contribution is 5.72. The number of aromatic nitrogens is 1. The molecule has 0 aliphatic heterocycles. The summed E-state index contributed by atoms with van der Waals surface area (Å²) in [5.41, 5.74) is 9.41. The summed E-state index contributed by atoms with van der Waals surface area (Å²) < 4.78 is 39.4. The van der Waals surface area contributed by atoms with E-state index in [-0.39, 0.29) is 12.3 Å². The van der Waals surface area contributed by atoms with Gasteiger partial charge in [0.15, 0.2) is 17.7 Å². The van der Waals surface area contributed by atoms with Gasteiger partial charge in [0, 0.05) is 12.6 Å². The van der Waals surface area contributed by atoms with Gasteiger partial charge in [-0.25, -0.2) is 13.6 Å². The van der Waals surface area contributed by atoms with Crippen LogP contribution in [0.5, 0.6) is 17.5 Å². The van der Waals surface area contributed by atoms with Crippen LogP contribution in [0.25, 0.3) is 11.1 Å². The molecular weight excluding hydrogens is 430 g/mol. The maximum Gasteiger partial charge on any atom is 0.344 e. The van der Waals surface area contributed by atoms with Crippen LogP contribution < -0.4 is 15.2 Å². The normalized spacial score (nSPS) is 12.0. The maximum atomic E-state index is 14.5. The molecular formula is C25H26F2N2O4. The summed E-state index contributed by atoms with van der Waals surface area (Å²) in [7, 11) is 0. The Morgan fingerprint density at radius 3 is 2.42 bits per heavy atom. The third-order valence-corrected chi connectivity index (χ3v) is 5.07. The zero-order valence-electron chi connectivity index (χ0n) is 18.6. The van der Waals surface area contributed by atoms with Crippen LogP contribution >= 0.6 is 0 Å². The van der Waals surface area contributed by atoms with E-state index in [1.54, 1.807) is 19.1 Å². The van der Waals surface area contributed by atoms with Crippen molar-refractivity contribution in [1.82, 2.24) is 4.98 Å². The van der Waals surface area contributed by atoms with Crippen LogP contribution in [0.15, 0.2) is 48.5 Å². The Bertz CT molecular complexity index is 1150. The van der Waals surface area contributed by atoms with Crippen molar-refractivity contribution in [3.05, 3.63) is 71.3 Å². The lowest BCUT2D eigenvalue weighted by Gasteiger charge is -2.16. The number of nitrogens with zero attached hydrogens (tertiary/aromatic N) is 1. The van der Waals surface area contributed by atoms with Crippen LogP contribution in [-0.4, -0.2) is 22.2 Å². The summed E-state index contributed by atoms with van der Waals surface area (Å²) in [5, 5.41) is 9.15. The van der Waals surface area contributed by atoms with Crippen LogP contribution in [0.3, 0.4) is 0 Å². The summed E-state index contributed by atoms with van der Waals surface area (Å²) >= 11 is 0. The Balaban J connectivity index is 2.01. The van der Waals surface area contributed by atoms with Gasteiger partial charge in [0.25, 0.3) is 11.8 Å². The van der Waals surface area contributed by atoms with E-state index in [0.717, 1.165) is 22.3 Å². The van der Waals surface area contributed by atoms with E-state index in [4.69, 9.17) is 20.3 Å². The Labute approximate surface area is 191 Å². The van der Waals surface area contributed by atoms with Gasteiger partial charge in [0.05, 0.1) is 0 Å². The lowest BCUT2D eigenvalue weighted by atomic mass is 9.96. The fourth-order valence-electron chi connectivity index (χ4n) is 3.20. The topological polar surface area (TPSA) is 94.7 Å². The molecule has 0 radical (unpaired) electrons. The molecule has 174 valence electrons. The molecule has 1 atom stereocenters. The zero-order chi connectivity index (χ0) is 24.1. The quantitative estimate of drug-likeness (QED) is 0.433. The van der Waals surface area contributed by atoms with Gasteiger partial charge in [0.2, 0.25) is 0 Å². The number of benzene rings is 2. The Kier molecular flexibility index (Phi) is 7.60. The van der Waals surface area contributed by atoms with Gasteiger partial charge in [0.1, 0.15) is 5.75 Å². The summed E-state index contributed by atoms with van der Waals surface area (Å²) in [4.78, 5) is 15.0. The van der Waals surface area contributed by atoms with Gasteiger partial charge in [-0.05, 0) is 52.8 Å². The lowest BCUT2D eigenvalue weighted by Crippen LogP contribution is -2.26. The SMILES string of the molecule is CC[C@@H](Oc1nc(Oc2cc(-c3cccc(CN)c3)cc(C(C)C)c2)c(F)cc1F)C(=O)O. The van der Waals surface area contributed by atoms with Crippen molar-refractivity contribution >= 4 is 5.97 Å². The minimum atomic E-state index is -1.32. The maximum absolute atomic E-state index is 14.5. The van der Waals surface area contributed by atoms with E-state index in [0.29, 0.717) is 18.4 Å².